The molecular weight excluding hydrogens is 287 g/mol. The first-order valence-corrected chi connectivity index (χ1v) is 6.38. The summed E-state index contributed by atoms with van der Waals surface area (Å²) in [7, 11) is 1.85. The van der Waals surface area contributed by atoms with Gasteiger partial charge in [0.25, 0.3) is 0 Å². The Morgan fingerprint density at radius 1 is 1.47 bits per heavy atom. The maximum atomic E-state index is 13.4. The largest absolute Gasteiger partial charge is 0.330 e. The fourth-order valence-corrected chi connectivity index (χ4v) is 2.48. The predicted molar refractivity (Wildman–Crippen MR) is 74.4 cm³/mol. The summed E-state index contributed by atoms with van der Waals surface area (Å²) in [5.41, 5.74) is 2.43. The molecule has 0 bridgehead atoms. The smallest absolute Gasteiger partial charge is 0.178 e. The molecule has 3 aromatic rings. The van der Waals surface area contributed by atoms with Crippen LogP contribution in [0.4, 0.5) is 4.39 Å². The minimum absolute atomic E-state index is 0.0847. The molecule has 0 atom stereocenters. The zero-order chi connectivity index (χ0) is 13.6. The Labute approximate surface area is 118 Å². The number of aromatic amines is 1. The molecule has 0 fully saturated rings. The number of hydrogen-bond donors (Lipinski definition) is 1. The van der Waals surface area contributed by atoms with Crippen molar-refractivity contribution in [2.75, 3.05) is 0 Å². The summed E-state index contributed by atoms with van der Waals surface area (Å²) in [6.07, 6.45) is 3.68. The SMILES string of the molecule is Cn1cc(Cn2c(=S)[nH]c3cc(F)c(Cl)cc32)cn1. The van der Waals surface area contributed by atoms with Gasteiger partial charge in [0.15, 0.2) is 4.77 Å². The van der Waals surface area contributed by atoms with Crippen molar-refractivity contribution in [1.82, 2.24) is 19.3 Å². The van der Waals surface area contributed by atoms with E-state index < -0.39 is 5.82 Å². The van der Waals surface area contributed by atoms with Crippen LogP contribution in [0.25, 0.3) is 11.0 Å². The number of aryl methyl sites for hydroxylation is 1. The number of imidazole rings is 1. The van der Waals surface area contributed by atoms with Gasteiger partial charge in [-0.1, -0.05) is 11.6 Å². The lowest BCUT2D eigenvalue weighted by Crippen LogP contribution is -1.98. The Morgan fingerprint density at radius 2 is 2.26 bits per heavy atom. The highest BCUT2D eigenvalue weighted by Crippen LogP contribution is 2.23. The molecule has 2 heterocycles. The molecule has 0 saturated heterocycles. The zero-order valence-corrected chi connectivity index (χ0v) is 11.6. The minimum Gasteiger partial charge on any atom is -0.330 e. The van der Waals surface area contributed by atoms with Gasteiger partial charge in [-0.15, -0.1) is 0 Å². The highest BCUT2D eigenvalue weighted by Gasteiger charge is 2.10. The van der Waals surface area contributed by atoms with Crippen LogP contribution in [-0.2, 0) is 13.6 Å². The highest BCUT2D eigenvalue weighted by molar-refractivity contribution is 7.71. The van der Waals surface area contributed by atoms with Crippen LogP contribution in [-0.4, -0.2) is 19.3 Å². The van der Waals surface area contributed by atoms with Gasteiger partial charge >= 0.3 is 0 Å². The van der Waals surface area contributed by atoms with E-state index in [9.17, 15) is 4.39 Å². The van der Waals surface area contributed by atoms with E-state index in [1.165, 1.54) is 6.07 Å². The standard InChI is InChI=1S/C12H10ClFN4S/c1-17-5-7(4-15-17)6-18-11-2-8(13)9(14)3-10(11)16-12(18)19/h2-5H,6H2,1H3,(H,16,19). The summed E-state index contributed by atoms with van der Waals surface area (Å²) in [5, 5.41) is 4.20. The molecule has 4 nitrogen and oxygen atoms in total. The molecule has 2 aromatic heterocycles. The van der Waals surface area contributed by atoms with E-state index in [-0.39, 0.29) is 5.02 Å². The molecule has 0 aliphatic heterocycles. The third-order valence-electron chi connectivity index (χ3n) is 2.92. The lowest BCUT2D eigenvalue weighted by Gasteiger charge is -2.03. The summed E-state index contributed by atoms with van der Waals surface area (Å²) in [4.78, 5) is 2.97. The average molecular weight is 297 g/mol. The van der Waals surface area contributed by atoms with Crippen molar-refractivity contribution in [2.24, 2.45) is 7.05 Å². The summed E-state index contributed by atoms with van der Waals surface area (Å²) in [6.45, 7) is 0.564. The average Bonchev–Trinajstić information content (AvgIpc) is 2.87. The van der Waals surface area contributed by atoms with E-state index in [0.29, 0.717) is 16.8 Å². The van der Waals surface area contributed by atoms with E-state index in [1.807, 2.05) is 17.8 Å². The van der Waals surface area contributed by atoms with Gasteiger partial charge in [-0.05, 0) is 18.3 Å². The summed E-state index contributed by atoms with van der Waals surface area (Å²) < 4.78 is 17.5. The van der Waals surface area contributed by atoms with E-state index in [4.69, 9.17) is 23.8 Å². The highest BCUT2D eigenvalue weighted by atomic mass is 35.5. The quantitative estimate of drug-likeness (QED) is 0.737. The zero-order valence-electron chi connectivity index (χ0n) is 10.0. The van der Waals surface area contributed by atoms with Crippen LogP contribution in [0.3, 0.4) is 0 Å². The van der Waals surface area contributed by atoms with Crippen LogP contribution in [0.2, 0.25) is 5.02 Å². The van der Waals surface area contributed by atoms with Crippen LogP contribution in [0.15, 0.2) is 24.5 Å². The summed E-state index contributed by atoms with van der Waals surface area (Å²) in [5.74, 6) is -0.459. The molecule has 0 amide bonds. The Kier molecular flexibility index (Phi) is 2.91. The number of hydrogen-bond acceptors (Lipinski definition) is 2. The van der Waals surface area contributed by atoms with E-state index in [2.05, 4.69) is 10.1 Å². The Hall–Kier alpha value is -1.66. The molecule has 1 N–H and O–H groups in total. The second-order valence-corrected chi connectivity index (χ2v) is 5.12. The van der Waals surface area contributed by atoms with Crippen LogP contribution in [0, 0.1) is 10.6 Å². The second kappa shape index (κ2) is 4.47. The van der Waals surface area contributed by atoms with Crippen molar-refractivity contribution in [3.8, 4) is 0 Å². The van der Waals surface area contributed by atoms with E-state index in [0.717, 1.165) is 11.1 Å². The first-order valence-electron chi connectivity index (χ1n) is 5.59. The molecule has 3 rings (SSSR count). The molecule has 98 valence electrons. The number of H-pyrrole nitrogens is 1. The second-order valence-electron chi connectivity index (χ2n) is 4.32. The van der Waals surface area contributed by atoms with Gasteiger partial charge in [-0.3, -0.25) is 4.68 Å². The Morgan fingerprint density at radius 3 is 2.95 bits per heavy atom. The molecular formula is C12H10ClFN4S. The molecule has 0 unspecified atom stereocenters. The van der Waals surface area contributed by atoms with E-state index >= 15 is 0 Å². The molecule has 7 heteroatoms. The molecule has 0 aliphatic rings. The lowest BCUT2D eigenvalue weighted by atomic mass is 10.3. The number of benzene rings is 1. The van der Waals surface area contributed by atoms with Crippen molar-refractivity contribution in [1.29, 1.82) is 0 Å². The van der Waals surface area contributed by atoms with Crippen molar-refractivity contribution < 1.29 is 4.39 Å². The number of aromatic nitrogens is 4. The normalized spacial score (nSPS) is 11.3. The number of halogens is 2. The van der Waals surface area contributed by atoms with Gasteiger partial charge in [0.2, 0.25) is 0 Å². The number of nitrogens with one attached hydrogen (secondary N) is 1. The maximum Gasteiger partial charge on any atom is 0.178 e. The van der Waals surface area contributed by atoms with Gasteiger partial charge in [-0.25, -0.2) is 4.39 Å². The predicted octanol–water partition coefficient (Wildman–Crippen LogP) is 3.27. The maximum absolute atomic E-state index is 13.4. The van der Waals surface area contributed by atoms with Crippen LogP contribution >= 0.6 is 23.8 Å². The van der Waals surface area contributed by atoms with Crippen molar-refractivity contribution in [2.45, 2.75) is 6.54 Å². The molecule has 0 saturated carbocycles. The fourth-order valence-electron chi connectivity index (χ4n) is 2.04. The molecule has 0 aliphatic carbocycles. The van der Waals surface area contributed by atoms with Crippen LogP contribution in [0.1, 0.15) is 5.56 Å². The van der Waals surface area contributed by atoms with Gasteiger partial charge in [-0.2, -0.15) is 5.10 Å². The first-order chi connectivity index (χ1) is 9.04. The first kappa shape index (κ1) is 12.4. The van der Waals surface area contributed by atoms with Gasteiger partial charge in [0.05, 0.1) is 28.8 Å². The van der Waals surface area contributed by atoms with Crippen molar-refractivity contribution in [3.05, 3.63) is 45.7 Å². The van der Waals surface area contributed by atoms with Crippen molar-refractivity contribution in [3.63, 3.8) is 0 Å². The molecule has 19 heavy (non-hydrogen) atoms. The van der Waals surface area contributed by atoms with Gasteiger partial charge in [0.1, 0.15) is 5.82 Å². The van der Waals surface area contributed by atoms with E-state index in [1.54, 1.807) is 16.9 Å². The van der Waals surface area contributed by atoms with Gasteiger partial charge < -0.3 is 9.55 Å². The Balaban J connectivity index is 2.15. The van der Waals surface area contributed by atoms with Crippen LogP contribution < -0.4 is 0 Å². The Bertz CT molecular complexity index is 817. The lowest BCUT2D eigenvalue weighted by molar-refractivity contribution is 0.629. The monoisotopic (exact) mass is 296 g/mol. The fraction of sp³-hybridized carbons (Fsp3) is 0.167. The minimum atomic E-state index is -0.459. The summed E-state index contributed by atoms with van der Waals surface area (Å²) >= 11 is 11.1. The van der Waals surface area contributed by atoms with Crippen molar-refractivity contribution >= 4 is 34.9 Å². The third-order valence-corrected chi connectivity index (χ3v) is 3.53. The molecule has 1 aromatic carbocycles. The van der Waals surface area contributed by atoms with Crippen LogP contribution in [0.5, 0.6) is 0 Å². The summed E-state index contributed by atoms with van der Waals surface area (Å²) in [6, 6.07) is 2.93. The molecule has 0 radical (unpaired) electrons. The molecule has 0 spiro atoms. The number of fused-ring (bicyclic) bond motifs is 1. The topological polar surface area (TPSA) is 38.5 Å². The number of rotatable bonds is 2. The number of nitrogens with zero attached hydrogens (tertiary/aromatic N) is 3. The van der Waals surface area contributed by atoms with Gasteiger partial charge in [0, 0.05) is 24.9 Å². The third kappa shape index (κ3) is 2.17.